The van der Waals surface area contributed by atoms with Gasteiger partial charge in [0, 0.05) is 16.8 Å². The number of hydrogen-bond donors (Lipinski definition) is 1. The van der Waals surface area contributed by atoms with Gasteiger partial charge in [-0.2, -0.15) is 5.26 Å². The summed E-state index contributed by atoms with van der Waals surface area (Å²) >= 11 is 5.84. The van der Waals surface area contributed by atoms with Crippen LogP contribution in [0, 0.1) is 21.4 Å². The zero-order valence-corrected chi connectivity index (χ0v) is 13.8. The summed E-state index contributed by atoms with van der Waals surface area (Å²) in [7, 11) is 1.32. The van der Waals surface area contributed by atoms with Gasteiger partial charge in [0.2, 0.25) is 0 Å². The van der Waals surface area contributed by atoms with Crippen LogP contribution in [0.3, 0.4) is 0 Å². The van der Waals surface area contributed by atoms with E-state index in [9.17, 15) is 20.2 Å². The van der Waals surface area contributed by atoms with Gasteiger partial charge in [-0.15, -0.1) is 0 Å². The van der Waals surface area contributed by atoms with Crippen molar-refractivity contribution in [3.63, 3.8) is 0 Å². The monoisotopic (exact) mass is 357 g/mol. The number of hydrogen-bond acceptors (Lipinski definition) is 5. The molecule has 2 rings (SSSR count). The minimum atomic E-state index is -0.650. The summed E-state index contributed by atoms with van der Waals surface area (Å²) in [5.41, 5.74) is 0.285. The van der Waals surface area contributed by atoms with Crippen LogP contribution in [-0.2, 0) is 4.79 Å². The second-order valence-electron chi connectivity index (χ2n) is 4.82. The highest BCUT2D eigenvalue weighted by Crippen LogP contribution is 2.28. The summed E-state index contributed by atoms with van der Waals surface area (Å²) in [6.07, 6.45) is 1.26. The number of carbonyl (C=O) groups is 1. The number of carbonyl (C=O) groups excluding carboxylic acids is 1. The van der Waals surface area contributed by atoms with E-state index in [0.29, 0.717) is 16.3 Å². The highest BCUT2D eigenvalue weighted by molar-refractivity contribution is 6.31. The van der Waals surface area contributed by atoms with Crippen molar-refractivity contribution < 1.29 is 14.5 Å². The average molecular weight is 358 g/mol. The van der Waals surface area contributed by atoms with Crippen molar-refractivity contribution in [2.24, 2.45) is 0 Å². The zero-order chi connectivity index (χ0) is 18.4. The second-order valence-corrected chi connectivity index (χ2v) is 5.26. The van der Waals surface area contributed by atoms with Crippen LogP contribution < -0.4 is 10.1 Å². The molecule has 0 aliphatic rings. The molecule has 0 atom stereocenters. The molecule has 0 radical (unpaired) electrons. The molecule has 0 aliphatic heterocycles. The maximum atomic E-state index is 12.2. The summed E-state index contributed by atoms with van der Waals surface area (Å²) in [5, 5.41) is 23.2. The molecule has 0 aromatic heterocycles. The first-order valence-corrected chi connectivity index (χ1v) is 7.33. The van der Waals surface area contributed by atoms with Gasteiger partial charge in [-0.3, -0.25) is 14.9 Å². The number of benzene rings is 2. The standard InChI is InChI=1S/C17H12ClN3O4/c1-25-16-6-5-11(8-15(16)21(23)24)7-12(10-19)17(22)20-14-4-2-3-13(18)9-14/h2-9H,1H3,(H,20,22)/b12-7+. The van der Waals surface area contributed by atoms with Crippen LogP contribution in [0.25, 0.3) is 6.08 Å². The van der Waals surface area contributed by atoms with E-state index < -0.39 is 10.8 Å². The Morgan fingerprint density at radius 2 is 2.12 bits per heavy atom. The van der Waals surface area contributed by atoms with Gasteiger partial charge in [-0.1, -0.05) is 23.7 Å². The first-order chi connectivity index (χ1) is 11.9. The molecule has 8 heteroatoms. The number of anilines is 1. The van der Waals surface area contributed by atoms with Crippen molar-refractivity contribution in [3.8, 4) is 11.8 Å². The molecule has 0 saturated carbocycles. The summed E-state index contributed by atoms with van der Waals surface area (Å²) in [6.45, 7) is 0. The lowest BCUT2D eigenvalue weighted by molar-refractivity contribution is -0.385. The van der Waals surface area contributed by atoms with Crippen LogP contribution in [0.4, 0.5) is 11.4 Å². The molecule has 126 valence electrons. The van der Waals surface area contributed by atoms with Crippen molar-refractivity contribution in [1.29, 1.82) is 5.26 Å². The SMILES string of the molecule is COc1ccc(/C=C(\C#N)C(=O)Nc2cccc(Cl)c2)cc1[N+](=O)[O-]. The van der Waals surface area contributed by atoms with Crippen molar-refractivity contribution >= 4 is 35.0 Å². The lowest BCUT2D eigenvalue weighted by Crippen LogP contribution is -2.13. The van der Waals surface area contributed by atoms with Crippen LogP contribution in [-0.4, -0.2) is 17.9 Å². The Morgan fingerprint density at radius 1 is 1.36 bits per heavy atom. The number of halogens is 1. The Hall–Kier alpha value is -3.37. The first-order valence-electron chi connectivity index (χ1n) is 6.95. The van der Waals surface area contributed by atoms with Crippen molar-refractivity contribution in [2.45, 2.75) is 0 Å². The van der Waals surface area contributed by atoms with Gasteiger partial charge in [0.05, 0.1) is 12.0 Å². The molecule has 2 aromatic carbocycles. The fourth-order valence-electron chi connectivity index (χ4n) is 2.02. The molecule has 0 unspecified atom stereocenters. The smallest absolute Gasteiger partial charge is 0.311 e. The molecule has 0 heterocycles. The predicted octanol–water partition coefficient (Wildman–Crippen LogP) is 3.80. The third kappa shape index (κ3) is 4.56. The lowest BCUT2D eigenvalue weighted by Gasteiger charge is -2.05. The van der Waals surface area contributed by atoms with E-state index in [4.69, 9.17) is 16.3 Å². The summed E-state index contributed by atoms with van der Waals surface area (Å²) in [6, 6.07) is 12.4. The van der Waals surface area contributed by atoms with E-state index >= 15 is 0 Å². The second kappa shape index (κ2) is 7.95. The molecule has 0 bridgehead atoms. The maximum Gasteiger partial charge on any atom is 0.311 e. The van der Waals surface area contributed by atoms with E-state index in [0.717, 1.165) is 0 Å². The van der Waals surface area contributed by atoms with Crippen LogP contribution >= 0.6 is 11.6 Å². The normalized spacial score (nSPS) is 10.7. The Bertz CT molecular complexity index is 903. The van der Waals surface area contributed by atoms with Gasteiger partial charge < -0.3 is 10.1 Å². The molecule has 0 spiro atoms. The van der Waals surface area contributed by atoms with Crippen molar-refractivity contribution in [2.75, 3.05) is 12.4 Å². The topological polar surface area (TPSA) is 105 Å². The minimum absolute atomic E-state index is 0.0871. The number of nitrogens with one attached hydrogen (secondary N) is 1. The number of amides is 1. The Morgan fingerprint density at radius 3 is 2.72 bits per heavy atom. The van der Waals surface area contributed by atoms with E-state index in [2.05, 4.69) is 5.32 Å². The quantitative estimate of drug-likeness (QED) is 0.379. The van der Waals surface area contributed by atoms with Gasteiger partial charge in [0.15, 0.2) is 5.75 Å². The molecule has 1 N–H and O–H groups in total. The van der Waals surface area contributed by atoms with Crippen molar-refractivity contribution in [1.82, 2.24) is 0 Å². The number of nitro groups is 1. The molecule has 2 aromatic rings. The molecular formula is C17H12ClN3O4. The summed E-state index contributed by atoms with van der Waals surface area (Å²) in [4.78, 5) is 22.6. The predicted molar refractivity (Wildman–Crippen MR) is 93.3 cm³/mol. The Labute approximate surface area is 148 Å². The van der Waals surface area contributed by atoms with Crippen molar-refractivity contribution in [3.05, 3.63) is 68.7 Å². The number of methoxy groups -OCH3 is 1. The first kappa shape index (κ1) is 18.0. The maximum absolute atomic E-state index is 12.2. The lowest BCUT2D eigenvalue weighted by atomic mass is 10.1. The third-order valence-corrected chi connectivity index (χ3v) is 3.39. The summed E-state index contributed by atoms with van der Waals surface area (Å²) < 4.78 is 4.91. The average Bonchev–Trinajstić information content (AvgIpc) is 2.59. The van der Waals surface area contributed by atoms with Crippen LogP contribution in [0.5, 0.6) is 5.75 Å². The van der Waals surface area contributed by atoms with Crippen LogP contribution in [0.1, 0.15) is 5.56 Å². The van der Waals surface area contributed by atoms with E-state index in [-0.39, 0.29) is 17.0 Å². The van der Waals surface area contributed by atoms with E-state index in [1.807, 2.05) is 0 Å². The van der Waals surface area contributed by atoms with Gasteiger partial charge in [0.1, 0.15) is 11.6 Å². The molecular weight excluding hydrogens is 346 g/mol. The number of nitrogens with zero attached hydrogens (tertiary/aromatic N) is 2. The van der Waals surface area contributed by atoms with Crippen LogP contribution in [0.2, 0.25) is 5.02 Å². The summed E-state index contributed by atoms with van der Waals surface area (Å²) in [5.74, 6) is -0.563. The van der Waals surface area contributed by atoms with Gasteiger partial charge in [-0.05, 0) is 35.9 Å². The number of rotatable bonds is 5. The number of ether oxygens (including phenoxy) is 1. The highest BCUT2D eigenvalue weighted by atomic mass is 35.5. The molecule has 25 heavy (non-hydrogen) atoms. The zero-order valence-electron chi connectivity index (χ0n) is 13.0. The van der Waals surface area contributed by atoms with Gasteiger partial charge in [0.25, 0.3) is 5.91 Å². The molecule has 7 nitrogen and oxygen atoms in total. The largest absolute Gasteiger partial charge is 0.490 e. The van der Waals surface area contributed by atoms with E-state index in [1.54, 1.807) is 24.3 Å². The molecule has 0 fully saturated rings. The minimum Gasteiger partial charge on any atom is -0.490 e. The Kier molecular flexibility index (Phi) is 5.71. The third-order valence-electron chi connectivity index (χ3n) is 3.16. The van der Waals surface area contributed by atoms with E-state index in [1.165, 1.54) is 37.5 Å². The fourth-order valence-corrected chi connectivity index (χ4v) is 2.21. The van der Waals surface area contributed by atoms with Gasteiger partial charge in [-0.25, -0.2) is 0 Å². The highest BCUT2D eigenvalue weighted by Gasteiger charge is 2.16. The Balaban J connectivity index is 2.31. The number of nitro benzene ring substituents is 1. The van der Waals surface area contributed by atoms with Gasteiger partial charge >= 0.3 is 5.69 Å². The van der Waals surface area contributed by atoms with Crippen LogP contribution in [0.15, 0.2) is 48.0 Å². The molecule has 1 amide bonds. The molecule has 0 saturated heterocycles. The number of nitriles is 1. The molecule has 0 aliphatic carbocycles. The fraction of sp³-hybridized carbons (Fsp3) is 0.0588.